The summed E-state index contributed by atoms with van der Waals surface area (Å²) in [6.45, 7) is 7.96. The molecule has 2 atom stereocenters. The van der Waals surface area contributed by atoms with Crippen LogP contribution in [0.25, 0.3) is 0 Å². The van der Waals surface area contributed by atoms with E-state index in [0.29, 0.717) is 11.6 Å². The van der Waals surface area contributed by atoms with Gasteiger partial charge < -0.3 is 10.1 Å². The van der Waals surface area contributed by atoms with Crippen LogP contribution >= 0.6 is 15.9 Å². The highest BCUT2D eigenvalue weighted by atomic mass is 79.9. The van der Waals surface area contributed by atoms with Crippen LogP contribution in [-0.2, 0) is 6.54 Å². The van der Waals surface area contributed by atoms with Crippen molar-refractivity contribution in [1.29, 1.82) is 0 Å². The lowest BCUT2D eigenvalue weighted by Crippen LogP contribution is -2.63. The van der Waals surface area contributed by atoms with Gasteiger partial charge in [0.05, 0.1) is 11.6 Å². The molecular formula is C17H25BrN2O. The fourth-order valence-electron chi connectivity index (χ4n) is 3.48. The number of methoxy groups -OCH3 is 1. The van der Waals surface area contributed by atoms with Crippen LogP contribution in [-0.4, -0.2) is 36.7 Å². The Balaban J connectivity index is 1.79. The third kappa shape index (κ3) is 3.13. The summed E-state index contributed by atoms with van der Waals surface area (Å²) in [4.78, 5) is 2.68. The van der Waals surface area contributed by atoms with Gasteiger partial charge in [-0.05, 0) is 66.2 Å². The first kappa shape index (κ1) is 15.3. The number of benzene rings is 1. The molecule has 0 aromatic heterocycles. The van der Waals surface area contributed by atoms with Crippen LogP contribution in [0.5, 0.6) is 5.75 Å². The lowest BCUT2D eigenvalue weighted by Gasteiger charge is -2.48. The predicted molar refractivity (Wildman–Crippen MR) is 89.7 cm³/mol. The number of nitrogens with zero attached hydrogens (tertiary/aromatic N) is 1. The van der Waals surface area contributed by atoms with Gasteiger partial charge in [-0.2, -0.15) is 0 Å². The van der Waals surface area contributed by atoms with Gasteiger partial charge in [-0.3, -0.25) is 4.90 Å². The second-order valence-corrected chi connectivity index (χ2v) is 7.62. The average Bonchev–Trinajstić information content (AvgIpc) is 3.28. The van der Waals surface area contributed by atoms with Crippen molar-refractivity contribution in [2.75, 3.05) is 20.2 Å². The molecule has 2 fully saturated rings. The Morgan fingerprint density at radius 3 is 2.81 bits per heavy atom. The molecule has 0 spiro atoms. The Labute approximate surface area is 136 Å². The molecule has 21 heavy (non-hydrogen) atoms. The van der Waals surface area contributed by atoms with Gasteiger partial charge in [0.2, 0.25) is 0 Å². The molecule has 1 aliphatic heterocycles. The summed E-state index contributed by atoms with van der Waals surface area (Å²) in [5.41, 5.74) is 1.66. The van der Waals surface area contributed by atoms with Gasteiger partial charge >= 0.3 is 0 Å². The number of ether oxygens (including phenoxy) is 1. The number of piperazine rings is 1. The molecule has 1 aromatic rings. The zero-order valence-corrected chi connectivity index (χ0v) is 14.7. The maximum atomic E-state index is 5.33. The SMILES string of the molecule is COc1ccc(CN2CC(C)NCC2(C)C2CC2)cc1Br. The van der Waals surface area contributed by atoms with Gasteiger partial charge in [0.25, 0.3) is 0 Å². The molecular weight excluding hydrogens is 328 g/mol. The lowest BCUT2D eigenvalue weighted by atomic mass is 9.89. The lowest BCUT2D eigenvalue weighted by molar-refractivity contribution is 0.0312. The van der Waals surface area contributed by atoms with E-state index >= 15 is 0 Å². The average molecular weight is 353 g/mol. The van der Waals surface area contributed by atoms with Gasteiger partial charge in [0.15, 0.2) is 0 Å². The van der Waals surface area contributed by atoms with E-state index in [1.165, 1.54) is 18.4 Å². The van der Waals surface area contributed by atoms with E-state index in [-0.39, 0.29) is 0 Å². The first-order valence-corrected chi connectivity index (χ1v) is 8.63. The van der Waals surface area contributed by atoms with Crippen LogP contribution in [0.4, 0.5) is 0 Å². The van der Waals surface area contributed by atoms with Crippen molar-refractivity contribution >= 4 is 15.9 Å². The van der Waals surface area contributed by atoms with Crippen LogP contribution < -0.4 is 10.1 Å². The Kier molecular flexibility index (Phi) is 4.30. The Hall–Kier alpha value is -0.580. The molecule has 1 aromatic carbocycles. The first-order valence-electron chi connectivity index (χ1n) is 7.84. The van der Waals surface area contributed by atoms with E-state index < -0.39 is 0 Å². The van der Waals surface area contributed by atoms with Crippen LogP contribution in [0.2, 0.25) is 0 Å². The number of rotatable bonds is 4. The maximum Gasteiger partial charge on any atom is 0.133 e. The summed E-state index contributed by atoms with van der Waals surface area (Å²) in [7, 11) is 1.71. The van der Waals surface area contributed by atoms with Crippen LogP contribution in [0.15, 0.2) is 22.7 Å². The highest BCUT2D eigenvalue weighted by Crippen LogP contribution is 2.44. The molecule has 0 bridgehead atoms. The normalized spacial score (nSPS) is 30.4. The number of hydrogen-bond acceptors (Lipinski definition) is 3. The monoisotopic (exact) mass is 352 g/mol. The summed E-state index contributed by atoms with van der Waals surface area (Å²) in [5, 5.41) is 3.67. The molecule has 2 unspecified atom stereocenters. The largest absolute Gasteiger partial charge is 0.496 e. The summed E-state index contributed by atoms with van der Waals surface area (Å²) in [6.07, 6.45) is 2.77. The second kappa shape index (κ2) is 5.90. The molecule has 1 heterocycles. The van der Waals surface area contributed by atoms with Crippen molar-refractivity contribution in [1.82, 2.24) is 10.2 Å². The number of halogens is 1. The van der Waals surface area contributed by atoms with Crippen LogP contribution in [0.1, 0.15) is 32.3 Å². The maximum absolute atomic E-state index is 5.33. The molecule has 1 saturated heterocycles. The standard InChI is InChI=1S/C17H25BrN2O/c1-12-9-20(17(2,11-19-12)14-5-6-14)10-13-4-7-16(21-3)15(18)8-13/h4,7-8,12,14,19H,5-6,9-11H2,1-3H3. The highest BCUT2D eigenvalue weighted by Gasteiger charge is 2.47. The quantitative estimate of drug-likeness (QED) is 0.898. The fourth-order valence-corrected chi connectivity index (χ4v) is 4.07. The number of nitrogens with one attached hydrogen (secondary N) is 1. The van der Waals surface area contributed by atoms with Gasteiger partial charge in [-0.25, -0.2) is 0 Å². The molecule has 1 saturated carbocycles. The molecule has 4 heteroatoms. The minimum atomic E-state index is 0.304. The van der Waals surface area contributed by atoms with Crippen LogP contribution in [0.3, 0.4) is 0 Å². The molecule has 1 N–H and O–H groups in total. The van der Waals surface area contributed by atoms with Crippen molar-refractivity contribution in [3.63, 3.8) is 0 Å². The van der Waals surface area contributed by atoms with E-state index in [2.05, 4.69) is 58.2 Å². The first-order chi connectivity index (χ1) is 10.0. The minimum absolute atomic E-state index is 0.304. The predicted octanol–water partition coefficient (Wildman–Crippen LogP) is 3.42. The summed E-state index contributed by atoms with van der Waals surface area (Å²) >= 11 is 3.60. The smallest absolute Gasteiger partial charge is 0.133 e. The van der Waals surface area contributed by atoms with Crippen LogP contribution in [0, 0.1) is 5.92 Å². The third-order valence-electron chi connectivity index (χ3n) is 5.07. The van der Waals surface area contributed by atoms with Gasteiger partial charge in [0.1, 0.15) is 5.75 Å². The molecule has 2 aliphatic rings. The van der Waals surface area contributed by atoms with E-state index in [1.54, 1.807) is 7.11 Å². The molecule has 0 radical (unpaired) electrons. The van der Waals surface area contributed by atoms with Crippen molar-refractivity contribution in [3.8, 4) is 5.75 Å². The van der Waals surface area contributed by atoms with E-state index in [0.717, 1.165) is 35.8 Å². The molecule has 3 rings (SSSR count). The molecule has 0 amide bonds. The van der Waals surface area contributed by atoms with Crippen molar-refractivity contribution < 1.29 is 4.74 Å². The van der Waals surface area contributed by atoms with Gasteiger partial charge in [-0.15, -0.1) is 0 Å². The molecule has 116 valence electrons. The van der Waals surface area contributed by atoms with Crippen molar-refractivity contribution in [2.24, 2.45) is 5.92 Å². The topological polar surface area (TPSA) is 24.5 Å². The summed E-state index contributed by atoms with van der Waals surface area (Å²) in [6, 6.07) is 7.00. The molecule has 1 aliphatic carbocycles. The Morgan fingerprint density at radius 1 is 1.43 bits per heavy atom. The van der Waals surface area contributed by atoms with Crippen molar-refractivity contribution in [2.45, 2.75) is 44.8 Å². The zero-order valence-electron chi connectivity index (χ0n) is 13.2. The second-order valence-electron chi connectivity index (χ2n) is 6.76. The highest BCUT2D eigenvalue weighted by molar-refractivity contribution is 9.10. The van der Waals surface area contributed by atoms with Gasteiger partial charge in [-0.1, -0.05) is 6.07 Å². The third-order valence-corrected chi connectivity index (χ3v) is 5.69. The fraction of sp³-hybridized carbons (Fsp3) is 0.647. The Morgan fingerprint density at radius 2 is 2.19 bits per heavy atom. The minimum Gasteiger partial charge on any atom is -0.496 e. The zero-order chi connectivity index (χ0) is 15.0. The Bertz CT molecular complexity index is 518. The van der Waals surface area contributed by atoms with E-state index in [9.17, 15) is 0 Å². The summed E-state index contributed by atoms with van der Waals surface area (Å²) in [5.74, 6) is 1.76. The van der Waals surface area contributed by atoms with Gasteiger partial charge in [0, 0.05) is 31.2 Å². The van der Waals surface area contributed by atoms with E-state index in [1.807, 2.05) is 0 Å². The van der Waals surface area contributed by atoms with Crippen molar-refractivity contribution in [3.05, 3.63) is 28.2 Å². The van der Waals surface area contributed by atoms with E-state index in [4.69, 9.17) is 4.74 Å². The summed E-state index contributed by atoms with van der Waals surface area (Å²) < 4.78 is 6.37. The number of hydrogen-bond donors (Lipinski definition) is 1. The molecule has 3 nitrogen and oxygen atoms in total.